The minimum atomic E-state index is -1.33. The summed E-state index contributed by atoms with van der Waals surface area (Å²) in [5, 5.41) is 16.0. The third-order valence-electron chi connectivity index (χ3n) is 3.16. The largest absolute Gasteiger partial charge is 0.383 e. The van der Waals surface area contributed by atoms with Crippen LogP contribution in [0.2, 0.25) is 10.0 Å². The van der Waals surface area contributed by atoms with Crippen LogP contribution in [0.4, 0.5) is 0 Å². The molecule has 1 unspecified atom stereocenters. The topological polar surface area (TPSA) is 47.3 Å². The Morgan fingerprint density at radius 1 is 1.30 bits per heavy atom. The number of aromatic nitrogens is 2. The third-order valence-corrected chi connectivity index (χ3v) is 3.77. The van der Waals surface area contributed by atoms with Gasteiger partial charge in [0, 0.05) is 17.7 Å². The molecule has 0 saturated carbocycles. The van der Waals surface area contributed by atoms with E-state index >= 15 is 0 Å². The Hall–Kier alpha value is -1.07. The highest BCUT2D eigenvalue weighted by Crippen LogP contribution is 2.37. The molecule has 1 aromatic heterocycles. The van der Waals surface area contributed by atoms with Gasteiger partial charge in [0.05, 0.1) is 30.1 Å². The summed E-state index contributed by atoms with van der Waals surface area (Å²) in [5.74, 6) is 0. The molecule has 4 nitrogen and oxygen atoms in total. The first-order valence-electron chi connectivity index (χ1n) is 6.16. The minimum absolute atomic E-state index is 0.394. The number of nitrogens with zero attached hydrogens (tertiary/aromatic N) is 2. The predicted octanol–water partition coefficient (Wildman–Crippen LogP) is 3.09. The van der Waals surface area contributed by atoms with E-state index in [2.05, 4.69) is 5.10 Å². The van der Waals surface area contributed by atoms with Crippen LogP contribution in [-0.2, 0) is 16.9 Å². The lowest BCUT2D eigenvalue weighted by Crippen LogP contribution is -2.28. The number of benzene rings is 1. The van der Waals surface area contributed by atoms with E-state index in [0.29, 0.717) is 34.5 Å². The second-order valence-corrected chi connectivity index (χ2v) is 5.42. The molecular weight excluding hydrogens is 299 g/mol. The number of hydrogen-bond acceptors (Lipinski definition) is 3. The Morgan fingerprint density at radius 2 is 2.00 bits per heavy atom. The van der Waals surface area contributed by atoms with Crippen molar-refractivity contribution in [3.8, 4) is 0 Å². The van der Waals surface area contributed by atoms with Gasteiger partial charge in [0.1, 0.15) is 5.60 Å². The highest BCUT2D eigenvalue weighted by molar-refractivity contribution is 6.32. The predicted molar refractivity (Wildman–Crippen MR) is 79.2 cm³/mol. The normalized spacial score (nSPS) is 14.2. The maximum Gasteiger partial charge on any atom is 0.131 e. The fraction of sp³-hybridized carbons (Fsp3) is 0.357. The lowest BCUT2D eigenvalue weighted by Gasteiger charge is -2.26. The number of aliphatic hydroxyl groups is 1. The Morgan fingerprint density at radius 3 is 2.65 bits per heavy atom. The maximum absolute atomic E-state index is 10.9. The Labute approximate surface area is 127 Å². The molecule has 1 aromatic carbocycles. The Kier molecular flexibility index (Phi) is 4.70. The summed E-state index contributed by atoms with van der Waals surface area (Å²) in [6.45, 7) is 2.63. The van der Waals surface area contributed by atoms with E-state index in [1.165, 1.54) is 6.20 Å². The molecule has 1 N–H and O–H groups in total. The molecule has 108 valence electrons. The second kappa shape index (κ2) is 6.14. The van der Waals surface area contributed by atoms with Crippen LogP contribution in [0.1, 0.15) is 18.2 Å². The fourth-order valence-electron chi connectivity index (χ4n) is 2.18. The van der Waals surface area contributed by atoms with Gasteiger partial charge in [0.15, 0.2) is 0 Å². The highest BCUT2D eigenvalue weighted by Gasteiger charge is 2.33. The summed E-state index contributed by atoms with van der Waals surface area (Å²) < 4.78 is 6.67. The van der Waals surface area contributed by atoms with Crippen molar-refractivity contribution in [1.29, 1.82) is 0 Å². The van der Waals surface area contributed by atoms with Crippen LogP contribution < -0.4 is 0 Å². The summed E-state index contributed by atoms with van der Waals surface area (Å²) in [4.78, 5) is 0. The van der Waals surface area contributed by atoms with E-state index in [1.807, 2.05) is 12.1 Å². The van der Waals surface area contributed by atoms with Gasteiger partial charge in [-0.15, -0.1) is 0 Å². The van der Waals surface area contributed by atoms with Crippen LogP contribution in [0.3, 0.4) is 0 Å². The first-order chi connectivity index (χ1) is 9.48. The van der Waals surface area contributed by atoms with Gasteiger partial charge in [0.25, 0.3) is 0 Å². The van der Waals surface area contributed by atoms with Crippen molar-refractivity contribution in [3.63, 3.8) is 0 Å². The van der Waals surface area contributed by atoms with Crippen LogP contribution in [0.5, 0.6) is 0 Å². The van der Waals surface area contributed by atoms with Crippen LogP contribution in [0.25, 0.3) is 0 Å². The van der Waals surface area contributed by atoms with Gasteiger partial charge in [-0.3, -0.25) is 4.68 Å². The quantitative estimate of drug-likeness (QED) is 0.922. The lowest BCUT2D eigenvalue weighted by atomic mass is 9.92. The summed E-state index contributed by atoms with van der Waals surface area (Å²) >= 11 is 12.4. The van der Waals surface area contributed by atoms with E-state index in [4.69, 9.17) is 27.9 Å². The Balaban J connectivity index is 2.49. The van der Waals surface area contributed by atoms with Crippen molar-refractivity contribution in [2.24, 2.45) is 0 Å². The van der Waals surface area contributed by atoms with Gasteiger partial charge >= 0.3 is 0 Å². The molecule has 2 rings (SSSR count). The summed E-state index contributed by atoms with van der Waals surface area (Å²) in [5.41, 5.74) is -0.244. The molecule has 0 spiro atoms. The van der Waals surface area contributed by atoms with Gasteiger partial charge < -0.3 is 9.84 Å². The van der Waals surface area contributed by atoms with Crippen LogP contribution >= 0.6 is 23.2 Å². The molecule has 0 amide bonds. The lowest BCUT2D eigenvalue weighted by molar-refractivity contribution is 0.0885. The monoisotopic (exact) mass is 314 g/mol. The average Bonchev–Trinajstić information content (AvgIpc) is 2.78. The Bertz CT molecular complexity index is 597. The van der Waals surface area contributed by atoms with Crippen LogP contribution in [-0.4, -0.2) is 28.6 Å². The molecule has 0 bridgehead atoms. The molecule has 0 aliphatic rings. The van der Waals surface area contributed by atoms with Crippen LogP contribution in [0, 0.1) is 0 Å². The molecule has 1 heterocycles. The smallest absolute Gasteiger partial charge is 0.131 e. The zero-order valence-corrected chi connectivity index (χ0v) is 12.8. The van der Waals surface area contributed by atoms with E-state index in [-0.39, 0.29) is 0 Å². The molecule has 0 saturated heterocycles. The minimum Gasteiger partial charge on any atom is -0.383 e. The molecule has 0 radical (unpaired) electrons. The van der Waals surface area contributed by atoms with Crippen molar-refractivity contribution in [2.45, 2.75) is 19.1 Å². The molecule has 0 fully saturated rings. The summed E-state index contributed by atoms with van der Waals surface area (Å²) in [6.07, 6.45) is 1.51. The number of halogens is 2. The zero-order chi connectivity index (χ0) is 14.8. The molecule has 20 heavy (non-hydrogen) atoms. The van der Waals surface area contributed by atoms with Crippen molar-refractivity contribution < 1.29 is 9.84 Å². The second-order valence-electron chi connectivity index (χ2n) is 4.61. The molecule has 0 aliphatic heterocycles. The van der Waals surface area contributed by atoms with Gasteiger partial charge in [-0.25, -0.2) is 0 Å². The number of methoxy groups -OCH3 is 1. The van der Waals surface area contributed by atoms with Crippen molar-refractivity contribution in [2.75, 3.05) is 13.7 Å². The number of rotatable bonds is 5. The summed E-state index contributed by atoms with van der Waals surface area (Å²) in [6, 6.07) is 7.13. The highest BCUT2D eigenvalue weighted by atomic mass is 35.5. The summed E-state index contributed by atoms with van der Waals surface area (Å²) in [7, 11) is 1.61. The molecule has 1 atom stereocenters. The van der Waals surface area contributed by atoms with Crippen molar-refractivity contribution in [1.82, 2.24) is 9.78 Å². The van der Waals surface area contributed by atoms with Crippen LogP contribution in [0.15, 0.2) is 30.5 Å². The van der Waals surface area contributed by atoms with E-state index in [0.717, 1.165) is 0 Å². The van der Waals surface area contributed by atoms with Crippen molar-refractivity contribution in [3.05, 3.63) is 51.8 Å². The number of ether oxygens (including phenoxy) is 1. The van der Waals surface area contributed by atoms with Gasteiger partial charge in [-0.1, -0.05) is 41.4 Å². The molecular formula is C14H16Cl2N2O2. The van der Waals surface area contributed by atoms with E-state index in [9.17, 15) is 5.11 Å². The standard InChI is InChI=1S/C14H16Cl2N2O2/c1-14(19,10-5-3-4-6-11(10)15)13-12(16)9-17-18(13)7-8-20-2/h3-6,9,19H,7-8H2,1-2H3. The average molecular weight is 315 g/mol. The number of hydrogen-bond donors (Lipinski definition) is 1. The maximum atomic E-state index is 10.9. The molecule has 2 aromatic rings. The van der Waals surface area contributed by atoms with Gasteiger partial charge in [-0.2, -0.15) is 5.10 Å². The van der Waals surface area contributed by atoms with Gasteiger partial charge in [-0.05, 0) is 13.0 Å². The van der Waals surface area contributed by atoms with E-state index < -0.39 is 5.60 Å². The molecule has 0 aliphatic carbocycles. The first-order valence-corrected chi connectivity index (χ1v) is 6.92. The van der Waals surface area contributed by atoms with E-state index in [1.54, 1.807) is 30.8 Å². The third kappa shape index (κ3) is 2.83. The fourth-order valence-corrected chi connectivity index (χ4v) is 2.82. The van der Waals surface area contributed by atoms with Crippen molar-refractivity contribution >= 4 is 23.2 Å². The zero-order valence-electron chi connectivity index (χ0n) is 11.3. The first kappa shape index (κ1) is 15.3. The van der Waals surface area contributed by atoms with Gasteiger partial charge in [0.2, 0.25) is 0 Å². The molecule has 6 heteroatoms. The SMILES string of the molecule is COCCn1ncc(Cl)c1C(C)(O)c1ccccc1Cl.